The first kappa shape index (κ1) is 42.8. The zero-order valence-corrected chi connectivity index (χ0v) is 38.4. The molecular formula is C62H46BrN4+. The predicted octanol–water partition coefficient (Wildman–Crippen LogP) is 15.8. The molecule has 4 nitrogen and oxygen atoms in total. The molecule has 0 atom stereocenters. The van der Waals surface area contributed by atoms with Crippen molar-refractivity contribution in [1.82, 2.24) is 15.0 Å². The Bertz CT molecular complexity index is 3450. The lowest BCUT2D eigenvalue weighted by molar-refractivity contribution is -0.688. The van der Waals surface area contributed by atoms with Crippen molar-refractivity contribution < 1.29 is 4.57 Å². The van der Waals surface area contributed by atoms with Crippen LogP contribution < -0.4 is 4.57 Å². The third kappa shape index (κ3) is 10.4. The molecule has 0 amide bonds. The van der Waals surface area contributed by atoms with E-state index >= 15 is 0 Å². The summed E-state index contributed by atoms with van der Waals surface area (Å²) < 4.78 is 2.22. The molecule has 0 saturated carbocycles. The first-order chi connectivity index (χ1) is 33.1. The molecule has 5 heteroatoms. The summed E-state index contributed by atoms with van der Waals surface area (Å²) in [6.45, 7) is 0.881. The zero-order valence-electron chi connectivity index (χ0n) is 36.8. The van der Waals surface area contributed by atoms with Crippen molar-refractivity contribution >= 4 is 59.0 Å². The van der Waals surface area contributed by atoms with E-state index in [1.807, 2.05) is 79.6 Å². The molecule has 0 radical (unpaired) electrons. The maximum Gasteiger partial charge on any atom is 0.173 e. The molecule has 0 aliphatic carbocycles. The molecule has 0 saturated heterocycles. The van der Waals surface area contributed by atoms with Crippen molar-refractivity contribution in [3.8, 4) is 44.5 Å². The highest BCUT2D eigenvalue weighted by molar-refractivity contribution is 9.08. The largest absolute Gasteiger partial charge is 0.265 e. The van der Waals surface area contributed by atoms with Crippen molar-refractivity contribution in [2.75, 3.05) is 0 Å². The average Bonchev–Trinajstić information content (AvgIpc) is 3.41. The normalized spacial score (nSPS) is 10.9. The Morgan fingerprint density at radius 3 is 0.910 bits per heavy atom. The fourth-order valence-electron chi connectivity index (χ4n) is 8.46. The molecule has 0 spiro atoms. The summed E-state index contributed by atoms with van der Waals surface area (Å²) >= 11 is 3.36. The number of pyridine rings is 4. The van der Waals surface area contributed by atoms with Gasteiger partial charge in [-0.15, -0.1) is 0 Å². The van der Waals surface area contributed by atoms with Crippen LogP contribution in [0.5, 0.6) is 0 Å². The highest BCUT2D eigenvalue weighted by atomic mass is 79.9. The van der Waals surface area contributed by atoms with Crippen molar-refractivity contribution in [3.63, 3.8) is 0 Å². The van der Waals surface area contributed by atoms with Gasteiger partial charge in [0.15, 0.2) is 18.9 Å². The van der Waals surface area contributed by atoms with Gasteiger partial charge in [0.25, 0.3) is 0 Å². The van der Waals surface area contributed by atoms with Crippen LogP contribution in [0.4, 0.5) is 0 Å². The quantitative estimate of drug-likeness (QED) is 0.0909. The first-order valence-corrected chi connectivity index (χ1v) is 23.5. The summed E-state index contributed by atoms with van der Waals surface area (Å²) in [6, 6.07) is 73.3. The zero-order chi connectivity index (χ0) is 45.2. The standard InChI is InChI=1S/C31H23N2.C24H16N2.C7H7Br/c1-2-4-23(5-3-1)22-33-16-12-25(13-17-33)27-7-9-29-20-30-18-26(24-10-14-32-15-11-24)6-8-28(30)21-31(29)19-27;1-3-21-15-24-14-20(18-7-11-26-12-8-18)2-4-22(24)16-23(21)13-19(1)17-5-9-25-10-6-17;8-6-7-4-2-1-3-5-7/h1-21H,22H2;1-16H;1-5H,6H2/q+1;;. The van der Waals surface area contributed by atoms with E-state index in [0.29, 0.717) is 0 Å². The van der Waals surface area contributed by atoms with Crippen molar-refractivity contribution in [2.45, 2.75) is 11.9 Å². The number of halogens is 1. The van der Waals surface area contributed by atoms with Crippen molar-refractivity contribution in [2.24, 2.45) is 0 Å². The Hall–Kier alpha value is -8.12. The van der Waals surface area contributed by atoms with Gasteiger partial charge in [-0.2, -0.15) is 0 Å². The molecule has 0 aliphatic rings. The number of fused-ring (bicyclic) bond motifs is 4. The summed E-state index contributed by atoms with van der Waals surface area (Å²) in [5, 5.41) is 11.0. The van der Waals surface area contributed by atoms with Crippen molar-refractivity contribution in [3.05, 3.63) is 267 Å². The van der Waals surface area contributed by atoms with E-state index in [-0.39, 0.29) is 0 Å². The number of benzene rings is 8. The second-order valence-electron chi connectivity index (χ2n) is 16.5. The molecule has 0 aliphatic heterocycles. The number of hydrogen-bond donors (Lipinski definition) is 0. The summed E-state index contributed by atoms with van der Waals surface area (Å²) in [4.78, 5) is 12.3. The van der Waals surface area contributed by atoms with Gasteiger partial charge in [-0.05, 0) is 178 Å². The molecule has 8 aromatic carbocycles. The molecular weight excluding hydrogens is 881 g/mol. The van der Waals surface area contributed by atoms with Crippen LogP contribution in [0, 0.1) is 0 Å². The number of alkyl halides is 1. The summed E-state index contributed by atoms with van der Waals surface area (Å²) in [5.41, 5.74) is 12.3. The van der Waals surface area contributed by atoms with Crippen LogP contribution >= 0.6 is 15.9 Å². The van der Waals surface area contributed by atoms with E-state index < -0.39 is 0 Å². The third-order valence-corrected chi connectivity index (χ3v) is 12.7. The smallest absolute Gasteiger partial charge is 0.173 e. The van der Waals surface area contributed by atoms with E-state index in [2.05, 4.69) is 212 Å². The molecule has 0 bridgehead atoms. The molecule has 67 heavy (non-hydrogen) atoms. The number of rotatable bonds is 7. The van der Waals surface area contributed by atoms with E-state index in [1.165, 1.54) is 98.7 Å². The molecule has 0 unspecified atom stereocenters. The van der Waals surface area contributed by atoms with E-state index in [9.17, 15) is 0 Å². The molecule has 0 fully saturated rings. The molecule has 12 rings (SSSR count). The van der Waals surface area contributed by atoms with Gasteiger partial charge in [-0.3, -0.25) is 15.0 Å². The van der Waals surface area contributed by atoms with Gasteiger partial charge in [-0.25, -0.2) is 4.57 Å². The maximum atomic E-state index is 4.13. The van der Waals surface area contributed by atoms with Crippen LogP contribution in [0.1, 0.15) is 11.1 Å². The Labute approximate surface area is 399 Å². The molecule has 4 heterocycles. The summed E-state index contributed by atoms with van der Waals surface area (Å²) in [6.07, 6.45) is 15.3. The minimum Gasteiger partial charge on any atom is -0.265 e. The number of hydrogen-bond acceptors (Lipinski definition) is 3. The van der Waals surface area contributed by atoms with Crippen LogP contribution in [0.3, 0.4) is 0 Å². The van der Waals surface area contributed by atoms with Crippen LogP contribution in [-0.4, -0.2) is 15.0 Å². The first-order valence-electron chi connectivity index (χ1n) is 22.4. The lowest BCUT2D eigenvalue weighted by atomic mass is 9.97. The summed E-state index contributed by atoms with van der Waals surface area (Å²) in [7, 11) is 0. The van der Waals surface area contributed by atoms with Gasteiger partial charge in [-0.1, -0.05) is 125 Å². The Morgan fingerprint density at radius 2 is 0.597 bits per heavy atom. The van der Waals surface area contributed by atoms with Crippen LogP contribution in [0.15, 0.2) is 256 Å². The van der Waals surface area contributed by atoms with Crippen molar-refractivity contribution in [1.29, 1.82) is 0 Å². The Kier molecular flexibility index (Phi) is 13.0. The van der Waals surface area contributed by atoms with E-state index in [4.69, 9.17) is 0 Å². The second kappa shape index (κ2) is 20.4. The monoisotopic (exact) mass is 925 g/mol. The summed E-state index contributed by atoms with van der Waals surface area (Å²) in [5.74, 6) is 0. The van der Waals surface area contributed by atoms with Crippen LogP contribution in [0.25, 0.3) is 87.6 Å². The fraction of sp³-hybridized carbons (Fsp3) is 0.0323. The topological polar surface area (TPSA) is 42.5 Å². The highest BCUT2D eigenvalue weighted by Crippen LogP contribution is 2.32. The molecule has 320 valence electrons. The minimum atomic E-state index is 0.881. The van der Waals surface area contributed by atoms with E-state index in [1.54, 1.807) is 0 Å². The fourth-order valence-corrected chi connectivity index (χ4v) is 8.84. The Morgan fingerprint density at radius 1 is 0.284 bits per heavy atom. The van der Waals surface area contributed by atoms with Crippen LogP contribution in [-0.2, 0) is 11.9 Å². The minimum absolute atomic E-state index is 0.881. The second-order valence-corrected chi connectivity index (χ2v) is 17.1. The predicted molar refractivity (Wildman–Crippen MR) is 283 cm³/mol. The lowest BCUT2D eigenvalue weighted by Crippen LogP contribution is -2.32. The van der Waals surface area contributed by atoms with Gasteiger partial charge in [0.2, 0.25) is 0 Å². The van der Waals surface area contributed by atoms with E-state index in [0.717, 1.165) is 11.9 Å². The molecule has 12 aromatic rings. The van der Waals surface area contributed by atoms with Gasteiger partial charge in [0, 0.05) is 60.2 Å². The van der Waals surface area contributed by atoms with Gasteiger partial charge < -0.3 is 0 Å². The SMILES string of the molecule is BrCc1ccccc1.c1cc(-c2ccc3cc4cc(-c5ccncc5)ccc4cc3c2)ccn1.c1ccc(C[n+]2ccc(-c3ccc4cc5cc(-c6ccncc6)ccc5cc4c3)cc2)cc1. The van der Waals surface area contributed by atoms with Gasteiger partial charge in [0.05, 0.1) is 0 Å². The molecule has 0 N–H and O–H groups in total. The number of nitrogens with zero attached hydrogens (tertiary/aromatic N) is 4. The van der Waals surface area contributed by atoms with Gasteiger partial charge >= 0.3 is 0 Å². The number of aromatic nitrogens is 4. The van der Waals surface area contributed by atoms with Gasteiger partial charge in [0.1, 0.15) is 0 Å². The third-order valence-electron chi connectivity index (χ3n) is 12.1. The average molecular weight is 927 g/mol. The maximum absolute atomic E-state index is 4.13. The molecule has 4 aromatic heterocycles. The van der Waals surface area contributed by atoms with Crippen LogP contribution in [0.2, 0.25) is 0 Å². The highest BCUT2D eigenvalue weighted by Gasteiger charge is 2.08. The lowest BCUT2D eigenvalue weighted by Gasteiger charge is -2.08. The Balaban J connectivity index is 0.000000137.